The molecule has 3 aromatic rings. The van der Waals surface area contributed by atoms with E-state index in [1.54, 1.807) is 0 Å². The Morgan fingerprint density at radius 3 is 1.97 bits per heavy atom. The van der Waals surface area contributed by atoms with E-state index in [9.17, 15) is 0 Å². The maximum Gasteiger partial charge on any atom is 0.187 e. The van der Waals surface area contributed by atoms with E-state index in [2.05, 4.69) is 10.0 Å². The number of nitrogens with zero attached hydrogens (tertiary/aromatic N) is 3. The highest BCUT2D eigenvalue weighted by molar-refractivity contribution is 5.17. The maximum absolute atomic E-state index is 8.74. The number of rotatable bonds is 10. The summed E-state index contributed by atoms with van der Waals surface area (Å²) in [5, 5.41) is 3.51. The Hall–Kier alpha value is -3.27. The molecule has 2 heterocycles. The van der Waals surface area contributed by atoms with E-state index >= 15 is 0 Å². The van der Waals surface area contributed by atoms with Gasteiger partial charge in [0.05, 0.1) is 19.8 Å². The third-order valence-corrected chi connectivity index (χ3v) is 6.29. The highest BCUT2D eigenvalue weighted by Crippen LogP contribution is 2.37. The van der Waals surface area contributed by atoms with Crippen molar-refractivity contribution in [2.45, 2.75) is 50.2 Å². The van der Waals surface area contributed by atoms with Gasteiger partial charge in [0.1, 0.15) is 31.1 Å². The Labute approximate surface area is 215 Å². The fourth-order valence-corrected chi connectivity index (χ4v) is 4.49. The third kappa shape index (κ3) is 6.54. The van der Waals surface area contributed by atoms with Crippen LogP contribution in [0.1, 0.15) is 23.0 Å². The van der Waals surface area contributed by atoms with Gasteiger partial charge >= 0.3 is 0 Å². The molecule has 3 aromatic carbocycles. The van der Waals surface area contributed by atoms with E-state index < -0.39 is 37.0 Å². The first-order valence-corrected chi connectivity index (χ1v) is 12.2. The first-order valence-electron chi connectivity index (χ1n) is 12.2. The van der Waals surface area contributed by atoms with Gasteiger partial charge in [-0.25, -0.2) is 0 Å². The zero-order valence-electron chi connectivity index (χ0n) is 20.2. The average Bonchev–Trinajstić information content (AvgIpc) is 2.96. The van der Waals surface area contributed by atoms with Gasteiger partial charge in [-0.2, -0.15) is 0 Å². The number of hydrogen-bond acceptors (Lipinski definition) is 7. The molecule has 0 radical (unpaired) electrons. The molecule has 0 saturated carbocycles. The quantitative estimate of drug-likeness (QED) is 0.212. The predicted octanol–water partition coefficient (Wildman–Crippen LogP) is 5.28. The molecule has 2 fully saturated rings. The van der Waals surface area contributed by atoms with Crippen LogP contribution in [0.15, 0.2) is 96.1 Å². The molecule has 9 nitrogen and oxygen atoms in total. The van der Waals surface area contributed by atoms with Crippen molar-refractivity contribution >= 4 is 0 Å². The van der Waals surface area contributed by atoms with Gasteiger partial charge in [-0.15, -0.1) is 0 Å². The minimum Gasteiger partial charge on any atom is -0.368 e. The van der Waals surface area contributed by atoms with Gasteiger partial charge in [-0.05, 0) is 16.7 Å². The first-order chi connectivity index (χ1) is 18.3. The van der Waals surface area contributed by atoms with E-state index in [0.29, 0.717) is 13.2 Å². The monoisotopic (exact) mass is 503 g/mol. The topological polar surface area (TPSA) is 104 Å². The molecule has 192 valence electrons. The Balaban J connectivity index is 1.41. The van der Waals surface area contributed by atoms with Crippen molar-refractivity contribution in [1.29, 1.82) is 0 Å². The summed E-state index contributed by atoms with van der Waals surface area (Å²) >= 11 is 0. The summed E-state index contributed by atoms with van der Waals surface area (Å²) in [7, 11) is 0. The summed E-state index contributed by atoms with van der Waals surface area (Å²) in [5.74, 6) is 0. The number of azide groups is 1. The van der Waals surface area contributed by atoms with Gasteiger partial charge in [0, 0.05) is 10.5 Å². The van der Waals surface area contributed by atoms with Gasteiger partial charge in [0.2, 0.25) is 0 Å². The zero-order chi connectivity index (χ0) is 25.3. The smallest absolute Gasteiger partial charge is 0.187 e. The second-order valence-electron chi connectivity index (χ2n) is 8.77. The molecule has 5 rings (SSSR count). The van der Waals surface area contributed by atoms with Crippen LogP contribution in [0.5, 0.6) is 0 Å². The summed E-state index contributed by atoms with van der Waals surface area (Å²) in [6.45, 7) is 0.742. The summed E-state index contributed by atoms with van der Waals surface area (Å²) < 4.78 is 37.4. The highest BCUT2D eigenvalue weighted by atomic mass is 16.8. The summed E-state index contributed by atoms with van der Waals surface area (Å²) in [6, 6.07) is 29.5. The summed E-state index contributed by atoms with van der Waals surface area (Å²) in [4.78, 5) is 2.78. The van der Waals surface area contributed by atoms with E-state index in [1.165, 1.54) is 0 Å². The second kappa shape index (κ2) is 12.8. The summed E-state index contributed by atoms with van der Waals surface area (Å²) in [6.07, 6.45) is -3.57. The molecule has 0 N–H and O–H groups in total. The van der Waals surface area contributed by atoms with Crippen LogP contribution in [0, 0.1) is 0 Å². The van der Waals surface area contributed by atoms with Gasteiger partial charge < -0.3 is 28.4 Å². The molecule has 2 saturated heterocycles. The minimum absolute atomic E-state index is 0.205. The third-order valence-electron chi connectivity index (χ3n) is 6.29. The largest absolute Gasteiger partial charge is 0.368 e. The number of benzene rings is 3. The van der Waals surface area contributed by atoms with Crippen LogP contribution in [0.4, 0.5) is 0 Å². The molecule has 2 aliphatic rings. The lowest BCUT2D eigenvalue weighted by molar-refractivity contribution is -0.372. The van der Waals surface area contributed by atoms with Crippen molar-refractivity contribution in [3.8, 4) is 0 Å². The Morgan fingerprint density at radius 2 is 1.35 bits per heavy atom. The number of ether oxygens (including phenoxy) is 6. The molecule has 6 atom stereocenters. The van der Waals surface area contributed by atoms with Gasteiger partial charge in [-0.3, -0.25) is 0 Å². The molecule has 9 heteroatoms. The standard InChI is InChI=1S/C28H29N3O6/c29-31-30-19-35-28-26(33-17-21-12-6-2-7-13-21)25(32-16-20-10-4-1-5-11-20)24-23(36-28)18-34-27(37-24)22-14-8-3-9-15-22/h1-15,23-28H,16-19H2/t23-,24-,25+,26+,27?,28-/m1/s1. The predicted molar refractivity (Wildman–Crippen MR) is 134 cm³/mol. The van der Waals surface area contributed by atoms with E-state index in [4.69, 9.17) is 34.0 Å². The van der Waals surface area contributed by atoms with Crippen LogP contribution >= 0.6 is 0 Å². The maximum atomic E-state index is 8.74. The Bertz CT molecular complexity index is 1150. The fourth-order valence-electron chi connectivity index (χ4n) is 4.49. The van der Waals surface area contributed by atoms with Crippen molar-refractivity contribution in [2.24, 2.45) is 5.11 Å². The lowest BCUT2D eigenvalue weighted by atomic mass is 9.97. The average molecular weight is 504 g/mol. The van der Waals surface area contributed by atoms with E-state index in [0.717, 1.165) is 16.7 Å². The molecule has 37 heavy (non-hydrogen) atoms. The van der Waals surface area contributed by atoms with Gasteiger partial charge in [-0.1, -0.05) is 96.1 Å². The highest BCUT2D eigenvalue weighted by Gasteiger charge is 2.51. The molecule has 0 amide bonds. The van der Waals surface area contributed by atoms with Crippen LogP contribution in [0.3, 0.4) is 0 Å². The first kappa shape index (κ1) is 25.4. The lowest BCUT2D eigenvalue weighted by Crippen LogP contribution is -2.63. The van der Waals surface area contributed by atoms with E-state index in [1.807, 2.05) is 91.0 Å². The lowest BCUT2D eigenvalue weighted by Gasteiger charge is -2.48. The van der Waals surface area contributed by atoms with Crippen molar-refractivity contribution in [3.05, 3.63) is 118 Å². The van der Waals surface area contributed by atoms with Crippen molar-refractivity contribution in [3.63, 3.8) is 0 Å². The Morgan fingerprint density at radius 1 is 0.757 bits per heavy atom. The molecule has 2 aliphatic heterocycles. The molecular formula is C28H29N3O6. The van der Waals surface area contributed by atoms with Gasteiger partial charge in [0.25, 0.3) is 0 Å². The van der Waals surface area contributed by atoms with Crippen LogP contribution in [0.25, 0.3) is 10.4 Å². The fraction of sp³-hybridized carbons (Fsp3) is 0.357. The van der Waals surface area contributed by atoms with Crippen LogP contribution in [-0.2, 0) is 41.6 Å². The van der Waals surface area contributed by atoms with Crippen molar-refractivity contribution in [2.75, 3.05) is 13.3 Å². The molecule has 0 bridgehead atoms. The zero-order valence-corrected chi connectivity index (χ0v) is 20.2. The van der Waals surface area contributed by atoms with Crippen LogP contribution < -0.4 is 0 Å². The van der Waals surface area contributed by atoms with Crippen molar-refractivity contribution < 1.29 is 28.4 Å². The minimum atomic E-state index is -0.850. The van der Waals surface area contributed by atoms with Crippen molar-refractivity contribution in [1.82, 2.24) is 0 Å². The molecule has 0 aliphatic carbocycles. The second-order valence-corrected chi connectivity index (χ2v) is 8.77. The van der Waals surface area contributed by atoms with E-state index in [-0.39, 0.29) is 13.3 Å². The van der Waals surface area contributed by atoms with Gasteiger partial charge in [0.15, 0.2) is 12.6 Å². The normalized spacial score (nSPS) is 27.1. The molecule has 1 unspecified atom stereocenters. The Kier molecular flexibility index (Phi) is 8.78. The summed E-state index contributed by atoms with van der Waals surface area (Å²) in [5.41, 5.74) is 11.7. The molecule has 0 spiro atoms. The molecule has 0 aromatic heterocycles. The number of hydrogen-bond donors (Lipinski definition) is 0. The SMILES string of the molecule is [N-]=[N+]=NCO[C@@H]1O[C@@H]2COC(c3ccccc3)O[C@H]2[C@H](OCc2ccccc2)[C@@H]1OCc1ccccc1. The molecular weight excluding hydrogens is 474 g/mol. The number of fused-ring (bicyclic) bond motifs is 1. The van der Waals surface area contributed by atoms with Crippen LogP contribution in [-0.4, -0.2) is 44.0 Å². The van der Waals surface area contributed by atoms with Crippen LogP contribution in [0.2, 0.25) is 0 Å².